The number of nitrogens with one attached hydrogen (secondary N) is 1. The molecule has 9 nitrogen and oxygen atoms in total. The summed E-state index contributed by atoms with van der Waals surface area (Å²) in [7, 11) is 0. The molecule has 1 aliphatic heterocycles. The van der Waals surface area contributed by atoms with Gasteiger partial charge in [0.25, 0.3) is 0 Å². The van der Waals surface area contributed by atoms with Crippen LogP contribution >= 0.6 is 0 Å². The number of aryl methyl sites for hydroxylation is 2. The number of rotatable bonds is 6. The van der Waals surface area contributed by atoms with E-state index in [0.717, 1.165) is 54.3 Å². The lowest BCUT2D eigenvalue weighted by Crippen LogP contribution is -2.31. The van der Waals surface area contributed by atoms with Gasteiger partial charge in [0.2, 0.25) is 5.91 Å². The van der Waals surface area contributed by atoms with Crippen LogP contribution in [0.2, 0.25) is 0 Å². The Morgan fingerprint density at radius 3 is 2.72 bits per heavy atom. The number of likely N-dealkylation sites (tertiary alicyclic amines) is 1. The lowest BCUT2D eigenvalue weighted by atomic mass is 10.2. The zero-order valence-electron chi connectivity index (χ0n) is 17.1. The standard InChI is InChI=1S/C20H26N8O/c1-4-7-28-19(14-9-21-13(3)22-10-14)26-17-18(23-12-24-20(17)28)25-15-6-8-27(11-15)16(29)5-2/h9-10,12,15H,4-8,11H2,1-3H3,(H,23,24,25)/t15-/m0/s1. The molecule has 3 aromatic heterocycles. The van der Waals surface area contributed by atoms with E-state index in [0.29, 0.717) is 18.8 Å². The summed E-state index contributed by atoms with van der Waals surface area (Å²) in [6.45, 7) is 8.13. The molecule has 0 saturated carbocycles. The van der Waals surface area contributed by atoms with Crippen LogP contribution in [-0.2, 0) is 11.3 Å². The normalized spacial score (nSPS) is 16.5. The van der Waals surface area contributed by atoms with E-state index >= 15 is 0 Å². The lowest BCUT2D eigenvalue weighted by molar-refractivity contribution is -0.129. The molecule has 1 N–H and O–H groups in total. The molecule has 0 radical (unpaired) electrons. The van der Waals surface area contributed by atoms with E-state index < -0.39 is 0 Å². The second kappa shape index (κ2) is 8.10. The maximum absolute atomic E-state index is 12.0. The maximum Gasteiger partial charge on any atom is 0.222 e. The lowest BCUT2D eigenvalue weighted by Gasteiger charge is -2.16. The SMILES string of the molecule is CCCn1c(-c2cnc(C)nc2)nc2c(N[C@H]3CCN(C(=O)CC)C3)ncnc21. The molecule has 4 heterocycles. The Morgan fingerprint density at radius 1 is 1.21 bits per heavy atom. The fourth-order valence-electron chi connectivity index (χ4n) is 3.73. The van der Waals surface area contributed by atoms with Crippen molar-refractivity contribution in [3.63, 3.8) is 0 Å². The van der Waals surface area contributed by atoms with Gasteiger partial charge in [-0.25, -0.2) is 24.9 Å². The smallest absolute Gasteiger partial charge is 0.222 e. The molecule has 0 bridgehead atoms. The summed E-state index contributed by atoms with van der Waals surface area (Å²) in [6, 6.07) is 0.158. The molecule has 0 aliphatic carbocycles. The first kappa shape index (κ1) is 19.2. The molecule has 9 heteroatoms. The van der Waals surface area contributed by atoms with Crippen LogP contribution in [0.15, 0.2) is 18.7 Å². The van der Waals surface area contributed by atoms with Crippen LogP contribution in [0.25, 0.3) is 22.6 Å². The Hall–Kier alpha value is -3.10. The molecule has 1 saturated heterocycles. The third kappa shape index (κ3) is 3.76. The number of carbonyl (C=O) groups is 1. The minimum atomic E-state index is 0.158. The van der Waals surface area contributed by atoms with Crippen LogP contribution in [0.3, 0.4) is 0 Å². The molecule has 1 fully saturated rings. The van der Waals surface area contributed by atoms with Crippen molar-refractivity contribution >= 4 is 22.9 Å². The summed E-state index contributed by atoms with van der Waals surface area (Å²) in [5.74, 6) is 2.41. The van der Waals surface area contributed by atoms with E-state index in [-0.39, 0.29) is 11.9 Å². The Bertz CT molecular complexity index is 1010. The fraction of sp³-hybridized carbons (Fsp3) is 0.500. The third-order valence-electron chi connectivity index (χ3n) is 5.20. The highest BCUT2D eigenvalue weighted by Crippen LogP contribution is 2.27. The number of carbonyl (C=O) groups excluding carboxylic acids is 1. The average molecular weight is 394 g/mol. The van der Waals surface area contributed by atoms with Crippen LogP contribution < -0.4 is 5.32 Å². The second-order valence-electron chi connectivity index (χ2n) is 7.32. The van der Waals surface area contributed by atoms with E-state index in [1.54, 1.807) is 18.7 Å². The molecule has 29 heavy (non-hydrogen) atoms. The van der Waals surface area contributed by atoms with Crippen molar-refractivity contribution in [3.8, 4) is 11.4 Å². The number of hydrogen-bond acceptors (Lipinski definition) is 7. The highest BCUT2D eigenvalue weighted by molar-refractivity contribution is 5.86. The largest absolute Gasteiger partial charge is 0.364 e. The van der Waals surface area contributed by atoms with Crippen LogP contribution in [-0.4, -0.2) is 59.4 Å². The highest BCUT2D eigenvalue weighted by atomic mass is 16.2. The van der Waals surface area contributed by atoms with E-state index in [2.05, 4.69) is 36.7 Å². The third-order valence-corrected chi connectivity index (χ3v) is 5.20. The zero-order valence-corrected chi connectivity index (χ0v) is 17.1. The summed E-state index contributed by atoms with van der Waals surface area (Å²) >= 11 is 0. The summed E-state index contributed by atoms with van der Waals surface area (Å²) < 4.78 is 2.10. The molecule has 4 rings (SSSR count). The zero-order chi connectivity index (χ0) is 20.4. The van der Waals surface area contributed by atoms with E-state index in [1.807, 2.05) is 18.7 Å². The molecule has 0 spiro atoms. The van der Waals surface area contributed by atoms with Crippen molar-refractivity contribution in [1.82, 2.24) is 34.4 Å². The van der Waals surface area contributed by atoms with Gasteiger partial charge in [-0.05, 0) is 19.8 Å². The van der Waals surface area contributed by atoms with Crippen LogP contribution in [0.4, 0.5) is 5.82 Å². The molecule has 1 aliphatic rings. The Kier molecular flexibility index (Phi) is 5.37. The number of nitrogens with zero attached hydrogens (tertiary/aromatic N) is 7. The van der Waals surface area contributed by atoms with Gasteiger partial charge >= 0.3 is 0 Å². The average Bonchev–Trinajstić information content (AvgIpc) is 3.34. The van der Waals surface area contributed by atoms with Crippen LogP contribution in [0, 0.1) is 6.92 Å². The number of hydrogen-bond donors (Lipinski definition) is 1. The first-order chi connectivity index (χ1) is 14.1. The van der Waals surface area contributed by atoms with Gasteiger partial charge in [-0.2, -0.15) is 0 Å². The predicted octanol–water partition coefficient (Wildman–Crippen LogP) is 2.42. The van der Waals surface area contributed by atoms with Gasteiger partial charge in [-0.1, -0.05) is 13.8 Å². The maximum atomic E-state index is 12.0. The second-order valence-corrected chi connectivity index (χ2v) is 7.32. The van der Waals surface area contributed by atoms with E-state index in [9.17, 15) is 4.79 Å². The number of anilines is 1. The van der Waals surface area contributed by atoms with Crippen molar-refractivity contribution in [3.05, 3.63) is 24.5 Å². The summed E-state index contributed by atoms with van der Waals surface area (Å²) in [6.07, 6.45) is 7.54. The van der Waals surface area contributed by atoms with Crippen LogP contribution in [0.5, 0.6) is 0 Å². The Balaban J connectivity index is 1.68. The number of imidazole rings is 1. The van der Waals surface area contributed by atoms with E-state index in [1.165, 1.54) is 0 Å². The molecule has 3 aromatic rings. The van der Waals surface area contributed by atoms with Crippen molar-refractivity contribution < 1.29 is 4.79 Å². The fourth-order valence-corrected chi connectivity index (χ4v) is 3.73. The Labute approximate surface area is 169 Å². The molecule has 1 amide bonds. The van der Waals surface area contributed by atoms with Gasteiger partial charge in [0.1, 0.15) is 18.0 Å². The molecule has 0 aromatic carbocycles. The molecule has 152 valence electrons. The van der Waals surface area contributed by atoms with Gasteiger partial charge in [-0.15, -0.1) is 0 Å². The summed E-state index contributed by atoms with van der Waals surface area (Å²) in [5, 5.41) is 3.48. The van der Waals surface area contributed by atoms with Gasteiger partial charge in [0.05, 0.1) is 5.56 Å². The molecular weight excluding hydrogens is 368 g/mol. The predicted molar refractivity (Wildman–Crippen MR) is 110 cm³/mol. The first-order valence-electron chi connectivity index (χ1n) is 10.1. The van der Waals surface area contributed by atoms with Gasteiger partial charge in [0, 0.05) is 44.5 Å². The number of aromatic nitrogens is 6. The Morgan fingerprint density at radius 2 is 2.00 bits per heavy atom. The summed E-state index contributed by atoms with van der Waals surface area (Å²) in [4.78, 5) is 36.3. The van der Waals surface area contributed by atoms with Crippen molar-refractivity contribution in [2.75, 3.05) is 18.4 Å². The molecular formula is C20H26N8O. The van der Waals surface area contributed by atoms with Gasteiger partial charge in [0.15, 0.2) is 17.0 Å². The van der Waals surface area contributed by atoms with Crippen LogP contribution in [0.1, 0.15) is 38.9 Å². The van der Waals surface area contributed by atoms with Crippen molar-refractivity contribution in [2.24, 2.45) is 0 Å². The number of fused-ring (bicyclic) bond motifs is 1. The highest BCUT2D eigenvalue weighted by Gasteiger charge is 2.26. The monoisotopic (exact) mass is 394 g/mol. The quantitative estimate of drug-likeness (QED) is 0.685. The van der Waals surface area contributed by atoms with Crippen molar-refractivity contribution in [1.29, 1.82) is 0 Å². The van der Waals surface area contributed by atoms with Gasteiger partial charge in [-0.3, -0.25) is 4.79 Å². The summed E-state index contributed by atoms with van der Waals surface area (Å²) in [5.41, 5.74) is 2.38. The van der Waals surface area contributed by atoms with Crippen molar-refractivity contribution in [2.45, 2.75) is 52.6 Å². The topological polar surface area (TPSA) is 102 Å². The number of amides is 1. The first-order valence-corrected chi connectivity index (χ1v) is 10.1. The van der Waals surface area contributed by atoms with E-state index in [4.69, 9.17) is 4.98 Å². The molecule has 0 unspecified atom stereocenters. The minimum absolute atomic E-state index is 0.158. The molecule has 1 atom stereocenters. The van der Waals surface area contributed by atoms with Gasteiger partial charge < -0.3 is 14.8 Å². The minimum Gasteiger partial charge on any atom is -0.364 e.